The van der Waals surface area contributed by atoms with Gasteiger partial charge in [0.2, 0.25) is 0 Å². The molecule has 0 aliphatic rings. The van der Waals surface area contributed by atoms with Gasteiger partial charge >= 0.3 is 6.18 Å². The van der Waals surface area contributed by atoms with Crippen LogP contribution in [0.1, 0.15) is 38.9 Å². The van der Waals surface area contributed by atoms with Crippen LogP contribution >= 0.6 is 0 Å². The number of rotatable bonds is 5. The van der Waals surface area contributed by atoms with E-state index < -0.39 is 18.6 Å². The van der Waals surface area contributed by atoms with Gasteiger partial charge in [-0.2, -0.15) is 13.2 Å². The van der Waals surface area contributed by atoms with Crippen LogP contribution in [0, 0.1) is 0 Å². The van der Waals surface area contributed by atoms with Crippen molar-refractivity contribution >= 4 is 0 Å². The molecule has 98 valence electrons. The molecule has 6 heteroatoms. The highest BCUT2D eigenvalue weighted by molar-refractivity contribution is 4.99. The van der Waals surface area contributed by atoms with E-state index in [1.165, 1.54) is 6.92 Å². The highest BCUT2D eigenvalue weighted by Gasteiger charge is 2.29. The number of hydrogen-bond acceptors (Lipinski definition) is 2. The standard InChI is InChI=1S/C11H18F3N3/c1-8(2)17-7-15-5-10(17)6-16-9(3)4-11(12,13)14/h5,7-9,16H,4,6H2,1-3H3. The summed E-state index contributed by atoms with van der Waals surface area (Å²) in [6, 6.07) is -0.335. The summed E-state index contributed by atoms with van der Waals surface area (Å²) >= 11 is 0. The van der Waals surface area contributed by atoms with E-state index in [4.69, 9.17) is 0 Å². The van der Waals surface area contributed by atoms with Gasteiger partial charge in [-0.1, -0.05) is 0 Å². The maximum atomic E-state index is 12.1. The summed E-state index contributed by atoms with van der Waals surface area (Å²) in [5.74, 6) is 0. The molecular formula is C11H18F3N3. The lowest BCUT2D eigenvalue weighted by molar-refractivity contribution is -0.139. The van der Waals surface area contributed by atoms with Crippen LogP contribution in [-0.2, 0) is 6.54 Å². The predicted molar refractivity (Wildman–Crippen MR) is 59.6 cm³/mol. The van der Waals surface area contributed by atoms with Gasteiger partial charge in [0.1, 0.15) is 0 Å². The van der Waals surface area contributed by atoms with Crippen LogP contribution in [-0.4, -0.2) is 21.8 Å². The summed E-state index contributed by atoms with van der Waals surface area (Å²) in [4.78, 5) is 4.00. The quantitative estimate of drug-likeness (QED) is 0.869. The van der Waals surface area contributed by atoms with Crippen LogP contribution in [0.3, 0.4) is 0 Å². The number of aromatic nitrogens is 2. The second kappa shape index (κ2) is 5.53. The number of hydrogen-bond donors (Lipinski definition) is 1. The molecular weight excluding hydrogens is 231 g/mol. The molecule has 1 N–H and O–H groups in total. The number of alkyl halides is 3. The fraction of sp³-hybridized carbons (Fsp3) is 0.727. The molecule has 0 fully saturated rings. The van der Waals surface area contributed by atoms with Crippen LogP contribution in [0.5, 0.6) is 0 Å². The Morgan fingerprint density at radius 3 is 2.53 bits per heavy atom. The maximum Gasteiger partial charge on any atom is 0.390 e. The van der Waals surface area contributed by atoms with Crippen LogP contribution in [0.15, 0.2) is 12.5 Å². The number of imidazole rings is 1. The van der Waals surface area contributed by atoms with Crippen molar-refractivity contribution < 1.29 is 13.2 Å². The van der Waals surface area contributed by atoms with E-state index >= 15 is 0 Å². The molecule has 0 aliphatic carbocycles. The zero-order valence-corrected chi connectivity index (χ0v) is 10.3. The van der Waals surface area contributed by atoms with Gasteiger partial charge in [0.05, 0.1) is 18.4 Å². The van der Waals surface area contributed by atoms with Crippen molar-refractivity contribution in [2.45, 2.75) is 52.0 Å². The van der Waals surface area contributed by atoms with Crippen molar-refractivity contribution in [3.8, 4) is 0 Å². The van der Waals surface area contributed by atoms with Crippen LogP contribution < -0.4 is 5.32 Å². The summed E-state index contributed by atoms with van der Waals surface area (Å²) in [5, 5.41) is 2.86. The Labute approximate surface area is 99.0 Å². The molecule has 0 aromatic carbocycles. The topological polar surface area (TPSA) is 29.9 Å². The third kappa shape index (κ3) is 4.77. The molecule has 0 saturated heterocycles. The zero-order chi connectivity index (χ0) is 13.1. The molecule has 0 bridgehead atoms. The Balaban J connectivity index is 2.47. The molecule has 1 heterocycles. The minimum absolute atomic E-state index is 0.257. The Morgan fingerprint density at radius 2 is 2.00 bits per heavy atom. The molecule has 1 aromatic rings. The summed E-state index contributed by atoms with van der Waals surface area (Å²) < 4.78 is 38.3. The molecule has 0 saturated carbocycles. The zero-order valence-electron chi connectivity index (χ0n) is 10.3. The van der Waals surface area contributed by atoms with E-state index in [0.717, 1.165) is 5.69 Å². The third-order valence-electron chi connectivity index (χ3n) is 2.47. The molecule has 0 spiro atoms. The van der Waals surface area contributed by atoms with E-state index in [2.05, 4.69) is 10.3 Å². The molecule has 1 unspecified atom stereocenters. The first-order chi connectivity index (χ1) is 7.79. The van der Waals surface area contributed by atoms with Gasteiger partial charge in [0.25, 0.3) is 0 Å². The highest BCUT2D eigenvalue weighted by atomic mass is 19.4. The first kappa shape index (κ1) is 14.0. The monoisotopic (exact) mass is 249 g/mol. The first-order valence-electron chi connectivity index (χ1n) is 5.60. The largest absolute Gasteiger partial charge is 0.390 e. The van der Waals surface area contributed by atoms with Crippen LogP contribution in [0.4, 0.5) is 13.2 Å². The second-order valence-electron chi connectivity index (χ2n) is 4.49. The van der Waals surface area contributed by atoms with Gasteiger partial charge in [0.15, 0.2) is 0 Å². The lowest BCUT2D eigenvalue weighted by Gasteiger charge is -2.17. The molecule has 1 aromatic heterocycles. The summed E-state index contributed by atoms with van der Waals surface area (Å²) in [7, 11) is 0. The van der Waals surface area contributed by atoms with E-state index in [0.29, 0.717) is 6.54 Å². The minimum Gasteiger partial charge on any atom is -0.331 e. The van der Waals surface area contributed by atoms with Crippen molar-refractivity contribution in [3.63, 3.8) is 0 Å². The summed E-state index contributed by atoms with van der Waals surface area (Å²) in [6.07, 6.45) is -1.57. The molecule has 0 amide bonds. The van der Waals surface area contributed by atoms with Gasteiger partial charge in [-0.25, -0.2) is 4.98 Å². The highest BCUT2D eigenvalue weighted by Crippen LogP contribution is 2.21. The first-order valence-corrected chi connectivity index (χ1v) is 5.60. The van der Waals surface area contributed by atoms with Gasteiger partial charge in [-0.3, -0.25) is 0 Å². The Kier molecular flexibility index (Phi) is 4.56. The molecule has 17 heavy (non-hydrogen) atoms. The second-order valence-corrected chi connectivity index (χ2v) is 4.49. The van der Waals surface area contributed by atoms with Crippen molar-refractivity contribution in [3.05, 3.63) is 18.2 Å². The minimum atomic E-state index is -4.12. The number of halogens is 3. The van der Waals surface area contributed by atoms with Gasteiger partial charge in [-0.05, 0) is 20.8 Å². The van der Waals surface area contributed by atoms with Gasteiger partial charge in [-0.15, -0.1) is 0 Å². The van der Waals surface area contributed by atoms with Crippen molar-refractivity contribution in [2.75, 3.05) is 0 Å². The lowest BCUT2D eigenvalue weighted by Crippen LogP contribution is -2.31. The van der Waals surface area contributed by atoms with E-state index in [9.17, 15) is 13.2 Å². The summed E-state index contributed by atoms with van der Waals surface area (Å²) in [5.41, 5.74) is 0.897. The van der Waals surface area contributed by atoms with E-state index in [-0.39, 0.29) is 6.04 Å². The van der Waals surface area contributed by atoms with Gasteiger partial charge < -0.3 is 9.88 Å². The van der Waals surface area contributed by atoms with Crippen molar-refractivity contribution in [2.24, 2.45) is 0 Å². The molecule has 1 rings (SSSR count). The SMILES string of the molecule is CC(CC(F)(F)F)NCc1cncn1C(C)C. The number of nitrogens with zero attached hydrogens (tertiary/aromatic N) is 2. The van der Waals surface area contributed by atoms with Crippen LogP contribution in [0.25, 0.3) is 0 Å². The van der Waals surface area contributed by atoms with Crippen molar-refractivity contribution in [1.29, 1.82) is 0 Å². The lowest BCUT2D eigenvalue weighted by atomic mass is 10.2. The predicted octanol–water partition coefficient (Wildman–Crippen LogP) is 2.89. The number of nitrogens with one attached hydrogen (secondary N) is 1. The molecule has 0 aliphatic heterocycles. The fourth-order valence-corrected chi connectivity index (χ4v) is 1.63. The van der Waals surface area contributed by atoms with E-state index in [1.807, 2.05) is 18.4 Å². The normalized spacial score (nSPS) is 14.3. The Morgan fingerprint density at radius 1 is 1.35 bits per heavy atom. The maximum absolute atomic E-state index is 12.1. The van der Waals surface area contributed by atoms with Crippen LogP contribution in [0.2, 0.25) is 0 Å². The Hall–Kier alpha value is -1.04. The molecule has 3 nitrogen and oxygen atoms in total. The van der Waals surface area contributed by atoms with Crippen molar-refractivity contribution in [1.82, 2.24) is 14.9 Å². The molecule has 0 radical (unpaired) electrons. The third-order valence-corrected chi connectivity index (χ3v) is 2.47. The average Bonchev–Trinajstić information content (AvgIpc) is 2.59. The summed E-state index contributed by atoms with van der Waals surface area (Å²) in [6.45, 7) is 5.94. The average molecular weight is 249 g/mol. The Bertz CT molecular complexity index is 344. The molecule has 1 atom stereocenters. The van der Waals surface area contributed by atoms with Gasteiger partial charge in [0, 0.05) is 24.8 Å². The van der Waals surface area contributed by atoms with E-state index in [1.54, 1.807) is 12.5 Å². The smallest absolute Gasteiger partial charge is 0.331 e. The fourth-order valence-electron chi connectivity index (χ4n) is 1.63.